The summed E-state index contributed by atoms with van der Waals surface area (Å²) in [6.45, 7) is 8.70. The van der Waals surface area contributed by atoms with Gasteiger partial charge < -0.3 is 14.6 Å². The van der Waals surface area contributed by atoms with Crippen molar-refractivity contribution in [3.05, 3.63) is 12.7 Å². The van der Waals surface area contributed by atoms with Crippen molar-refractivity contribution in [1.29, 1.82) is 0 Å². The molecule has 0 saturated carbocycles. The van der Waals surface area contributed by atoms with Gasteiger partial charge in [-0.25, -0.2) is 9.59 Å². The first-order chi connectivity index (χ1) is 8.19. The van der Waals surface area contributed by atoms with Crippen molar-refractivity contribution in [2.45, 2.75) is 32.4 Å². The summed E-state index contributed by atoms with van der Waals surface area (Å²) in [5.74, 6) is -1.15. The number of carbonyl (C=O) groups is 2. The van der Waals surface area contributed by atoms with Crippen LogP contribution >= 0.6 is 0 Å². The molecule has 0 aliphatic heterocycles. The van der Waals surface area contributed by atoms with Gasteiger partial charge in [0.15, 0.2) is 6.04 Å². The lowest BCUT2D eigenvalue weighted by Gasteiger charge is -2.28. The van der Waals surface area contributed by atoms with Crippen molar-refractivity contribution in [2.24, 2.45) is 0 Å². The SMILES string of the molecule is C=CCOC[C@H](C(=O)O)N(C)C(=O)OC(C)(C)C. The number of rotatable bonds is 6. The van der Waals surface area contributed by atoms with Crippen LogP contribution in [0, 0.1) is 0 Å². The Labute approximate surface area is 107 Å². The summed E-state index contributed by atoms with van der Waals surface area (Å²) in [5, 5.41) is 9.03. The van der Waals surface area contributed by atoms with Crippen molar-refractivity contribution >= 4 is 12.1 Å². The molecule has 0 saturated heterocycles. The lowest BCUT2D eigenvalue weighted by molar-refractivity contribution is -0.144. The molecule has 1 N–H and O–H groups in total. The van der Waals surface area contributed by atoms with Crippen molar-refractivity contribution < 1.29 is 24.2 Å². The van der Waals surface area contributed by atoms with Gasteiger partial charge in [0.25, 0.3) is 0 Å². The monoisotopic (exact) mass is 259 g/mol. The van der Waals surface area contributed by atoms with E-state index in [4.69, 9.17) is 14.6 Å². The van der Waals surface area contributed by atoms with E-state index in [-0.39, 0.29) is 13.2 Å². The van der Waals surface area contributed by atoms with Gasteiger partial charge in [-0.05, 0) is 20.8 Å². The summed E-state index contributed by atoms with van der Waals surface area (Å²) in [4.78, 5) is 23.8. The molecule has 0 bridgehead atoms. The zero-order valence-corrected chi connectivity index (χ0v) is 11.3. The van der Waals surface area contributed by atoms with Crippen molar-refractivity contribution in [2.75, 3.05) is 20.3 Å². The molecule has 0 aliphatic carbocycles. The summed E-state index contributed by atoms with van der Waals surface area (Å²) < 4.78 is 10.1. The van der Waals surface area contributed by atoms with Crippen molar-refractivity contribution in [3.8, 4) is 0 Å². The first-order valence-electron chi connectivity index (χ1n) is 5.56. The van der Waals surface area contributed by atoms with Crippen LogP contribution in [0.15, 0.2) is 12.7 Å². The van der Waals surface area contributed by atoms with E-state index in [0.717, 1.165) is 4.90 Å². The van der Waals surface area contributed by atoms with Crippen LogP contribution in [-0.4, -0.2) is 54.0 Å². The molecule has 1 atom stereocenters. The van der Waals surface area contributed by atoms with Gasteiger partial charge in [0.1, 0.15) is 5.60 Å². The minimum Gasteiger partial charge on any atom is -0.480 e. The van der Waals surface area contributed by atoms with Gasteiger partial charge in [0, 0.05) is 7.05 Å². The Bertz CT molecular complexity index is 308. The lowest BCUT2D eigenvalue weighted by Crippen LogP contribution is -2.47. The highest BCUT2D eigenvalue weighted by molar-refractivity contribution is 5.80. The lowest BCUT2D eigenvalue weighted by atomic mass is 10.2. The van der Waals surface area contributed by atoms with Crippen LogP contribution in [-0.2, 0) is 14.3 Å². The molecule has 0 aromatic heterocycles. The number of ether oxygens (including phenoxy) is 2. The first kappa shape index (κ1) is 16.4. The Morgan fingerprint density at radius 1 is 1.44 bits per heavy atom. The molecule has 6 heteroatoms. The molecule has 1 amide bonds. The molecule has 0 aromatic rings. The number of hydrogen-bond acceptors (Lipinski definition) is 4. The molecule has 0 radical (unpaired) electrons. The maximum atomic E-state index is 11.7. The third-order valence-electron chi connectivity index (χ3n) is 1.95. The maximum absolute atomic E-state index is 11.7. The third kappa shape index (κ3) is 6.24. The quantitative estimate of drug-likeness (QED) is 0.578. The third-order valence-corrected chi connectivity index (χ3v) is 1.95. The summed E-state index contributed by atoms with van der Waals surface area (Å²) in [6, 6.07) is -1.08. The fourth-order valence-corrected chi connectivity index (χ4v) is 1.07. The second-order valence-corrected chi connectivity index (χ2v) is 4.77. The molecule has 0 aromatic carbocycles. The molecule has 0 aliphatic rings. The van der Waals surface area contributed by atoms with Gasteiger partial charge >= 0.3 is 12.1 Å². The number of amides is 1. The van der Waals surface area contributed by atoms with E-state index >= 15 is 0 Å². The summed E-state index contributed by atoms with van der Waals surface area (Å²) in [5.41, 5.74) is -0.670. The molecular weight excluding hydrogens is 238 g/mol. The predicted octanol–water partition coefficient (Wildman–Crippen LogP) is 1.51. The zero-order valence-electron chi connectivity index (χ0n) is 11.3. The van der Waals surface area contributed by atoms with Gasteiger partial charge in [-0.3, -0.25) is 4.90 Å². The summed E-state index contributed by atoms with van der Waals surface area (Å²) in [6.07, 6.45) is 0.809. The van der Waals surface area contributed by atoms with Crippen LogP contribution < -0.4 is 0 Å². The van der Waals surface area contributed by atoms with Crippen LogP contribution in [0.5, 0.6) is 0 Å². The highest BCUT2D eigenvalue weighted by atomic mass is 16.6. The van der Waals surface area contributed by atoms with Crippen LogP contribution in [0.25, 0.3) is 0 Å². The van der Waals surface area contributed by atoms with Gasteiger partial charge in [-0.1, -0.05) is 6.08 Å². The first-order valence-corrected chi connectivity index (χ1v) is 5.56. The zero-order chi connectivity index (χ0) is 14.3. The smallest absolute Gasteiger partial charge is 0.410 e. The molecule has 104 valence electrons. The van der Waals surface area contributed by atoms with Gasteiger partial charge in [-0.2, -0.15) is 0 Å². The highest BCUT2D eigenvalue weighted by Crippen LogP contribution is 2.11. The molecule has 0 unspecified atom stereocenters. The fourth-order valence-electron chi connectivity index (χ4n) is 1.07. The minimum atomic E-state index is -1.15. The highest BCUT2D eigenvalue weighted by Gasteiger charge is 2.30. The summed E-state index contributed by atoms with van der Waals surface area (Å²) in [7, 11) is 1.37. The van der Waals surface area contributed by atoms with Gasteiger partial charge in [-0.15, -0.1) is 6.58 Å². The Morgan fingerprint density at radius 3 is 2.39 bits per heavy atom. The standard InChI is InChI=1S/C12H21NO5/c1-6-7-17-8-9(10(14)15)13(5)11(16)18-12(2,3)4/h6,9H,1,7-8H2,2-5H3,(H,14,15)/t9-/m1/s1. The Hall–Kier alpha value is -1.56. The number of likely N-dealkylation sites (N-methyl/N-ethyl adjacent to an activating group) is 1. The molecule has 0 rings (SSSR count). The number of nitrogens with zero attached hydrogens (tertiary/aromatic N) is 1. The van der Waals surface area contributed by atoms with E-state index in [1.807, 2.05) is 0 Å². The Balaban J connectivity index is 4.55. The molecular formula is C12H21NO5. The van der Waals surface area contributed by atoms with E-state index < -0.39 is 23.7 Å². The molecule has 0 heterocycles. The van der Waals surface area contributed by atoms with E-state index in [1.165, 1.54) is 13.1 Å². The second-order valence-electron chi connectivity index (χ2n) is 4.77. The Kier molecular flexibility index (Phi) is 6.40. The number of aliphatic carboxylic acids is 1. The fraction of sp³-hybridized carbons (Fsp3) is 0.667. The van der Waals surface area contributed by atoms with Gasteiger partial charge in [0.2, 0.25) is 0 Å². The molecule has 0 fully saturated rings. The number of carboxylic acid groups (broad SMARTS) is 1. The van der Waals surface area contributed by atoms with Crippen LogP contribution in [0.4, 0.5) is 4.79 Å². The predicted molar refractivity (Wildman–Crippen MR) is 66.4 cm³/mol. The number of carboxylic acids is 1. The largest absolute Gasteiger partial charge is 0.480 e. The van der Waals surface area contributed by atoms with E-state index in [0.29, 0.717) is 0 Å². The summed E-state index contributed by atoms with van der Waals surface area (Å²) >= 11 is 0. The van der Waals surface area contributed by atoms with Gasteiger partial charge in [0.05, 0.1) is 13.2 Å². The normalized spacial score (nSPS) is 12.7. The van der Waals surface area contributed by atoms with Crippen LogP contribution in [0.2, 0.25) is 0 Å². The molecule has 18 heavy (non-hydrogen) atoms. The number of carbonyl (C=O) groups excluding carboxylic acids is 1. The topological polar surface area (TPSA) is 76.1 Å². The van der Waals surface area contributed by atoms with Crippen LogP contribution in [0.3, 0.4) is 0 Å². The minimum absolute atomic E-state index is 0.114. The van der Waals surface area contributed by atoms with E-state index in [2.05, 4.69) is 6.58 Å². The van der Waals surface area contributed by atoms with Crippen LogP contribution in [0.1, 0.15) is 20.8 Å². The maximum Gasteiger partial charge on any atom is 0.410 e. The second kappa shape index (κ2) is 7.00. The van der Waals surface area contributed by atoms with E-state index in [9.17, 15) is 9.59 Å². The van der Waals surface area contributed by atoms with Crippen molar-refractivity contribution in [1.82, 2.24) is 4.90 Å². The Morgan fingerprint density at radius 2 is 2.00 bits per heavy atom. The average Bonchev–Trinajstić information content (AvgIpc) is 2.20. The number of hydrogen-bond donors (Lipinski definition) is 1. The van der Waals surface area contributed by atoms with Crippen molar-refractivity contribution in [3.63, 3.8) is 0 Å². The van der Waals surface area contributed by atoms with E-state index in [1.54, 1.807) is 20.8 Å². The molecule has 6 nitrogen and oxygen atoms in total. The average molecular weight is 259 g/mol. The molecule has 0 spiro atoms.